The van der Waals surface area contributed by atoms with Gasteiger partial charge in [-0.05, 0) is 30.7 Å². The molecule has 0 unspecified atom stereocenters. The third kappa shape index (κ3) is 5.37. The van der Waals surface area contributed by atoms with Crippen LogP contribution in [0.25, 0.3) is 10.2 Å². The second kappa shape index (κ2) is 9.62. The van der Waals surface area contributed by atoms with Gasteiger partial charge in [0.1, 0.15) is 11.5 Å². The molecule has 0 bridgehead atoms. The number of nitrogens with zero attached hydrogens (tertiary/aromatic N) is 1. The molecule has 1 amide bonds. The fraction of sp³-hybridized carbons (Fsp3) is 0.300. The average molecular weight is 403 g/mol. The summed E-state index contributed by atoms with van der Waals surface area (Å²) in [5, 5.41) is 2.93. The topological polar surface area (TPSA) is 60.5 Å². The number of benzene rings is 2. The Hall–Kier alpha value is -2.25. The molecular weight excluding hydrogens is 380 g/mol. The highest BCUT2D eigenvalue weighted by Gasteiger charge is 2.12. The molecule has 3 rings (SSSR count). The van der Waals surface area contributed by atoms with E-state index >= 15 is 0 Å². The van der Waals surface area contributed by atoms with Gasteiger partial charge in [-0.15, -0.1) is 11.3 Å². The molecule has 0 aliphatic heterocycles. The first-order valence-electron chi connectivity index (χ1n) is 8.78. The molecular formula is C20H22N2O3S2. The van der Waals surface area contributed by atoms with Crippen molar-refractivity contribution in [3.63, 3.8) is 0 Å². The number of rotatable bonds is 9. The Bertz CT molecular complexity index is 878. The number of aromatic nitrogens is 1. The Labute approximate surface area is 167 Å². The number of carbonyl (C=O) groups is 1. The van der Waals surface area contributed by atoms with Crippen LogP contribution in [0.2, 0.25) is 0 Å². The summed E-state index contributed by atoms with van der Waals surface area (Å²) in [4.78, 5) is 17.0. The quantitative estimate of drug-likeness (QED) is 0.393. The number of para-hydroxylation sites is 1. The van der Waals surface area contributed by atoms with Crippen molar-refractivity contribution in [2.45, 2.75) is 24.1 Å². The molecule has 0 radical (unpaired) electrons. The Morgan fingerprint density at radius 3 is 2.89 bits per heavy atom. The summed E-state index contributed by atoms with van der Waals surface area (Å²) in [6, 6.07) is 13.4. The number of methoxy groups -OCH3 is 1. The van der Waals surface area contributed by atoms with Crippen LogP contribution in [-0.4, -0.2) is 30.4 Å². The molecule has 0 saturated heterocycles. The van der Waals surface area contributed by atoms with Crippen molar-refractivity contribution in [3.05, 3.63) is 42.5 Å². The van der Waals surface area contributed by atoms with Gasteiger partial charge in [0.2, 0.25) is 5.91 Å². The van der Waals surface area contributed by atoms with Crippen molar-refractivity contribution in [3.8, 4) is 11.5 Å². The summed E-state index contributed by atoms with van der Waals surface area (Å²) in [7, 11) is 1.60. The van der Waals surface area contributed by atoms with Gasteiger partial charge in [0.25, 0.3) is 0 Å². The van der Waals surface area contributed by atoms with E-state index in [9.17, 15) is 4.79 Å². The van der Waals surface area contributed by atoms with E-state index in [1.54, 1.807) is 24.5 Å². The largest absolute Gasteiger partial charge is 0.497 e. The monoisotopic (exact) mass is 402 g/mol. The summed E-state index contributed by atoms with van der Waals surface area (Å²) in [5.74, 6) is 1.51. The zero-order chi connectivity index (χ0) is 19.1. The first kappa shape index (κ1) is 19.5. The second-order valence-electron chi connectivity index (χ2n) is 5.85. The highest BCUT2D eigenvalue weighted by atomic mass is 32.2. The fourth-order valence-corrected chi connectivity index (χ4v) is 4.28. The number of thiazole rings is 1. The lowest BCUT2D eigenvalue weighted by Gasteiger charge is -2.13. The molecule has 3 aromatic rings. The Kier molecular flexibility index (Phi) is 6.95. The van der Waals surface area contributed by atoms with Crippen LogP contribution in [0.5, 0.6) is 11.5 Å². The zero-order valence-corrected chi connectivity index (χ0v) is 17.0. The molecule has 142 valence electrons. The molecule has 27 heavy (non-hydrogen) atoms. The highest BCUT2D eigenvalue weighted by molar-refractivity contribution is 8.01. The third-order valence-electron chi connectivity index (χ3n) is 3.82. The van der Waals surface area contributed by atoms with Crippen LogP contribution in [0.1, 0.15) is 19.8 Å². The van der Waals surface area contributed by atoms with Crippen LogP contribution >= 0.6 is 23.1 Å². The molecule has 0 spiro atoms. The van der Waals surface area contributed by atoms with Crippen molar-refractivity contribution in [2.75, 3.05) is 24.8 Å². The smallest absolute Gasteiger partial charge is 0.234 e. The maximum atomic E-state index is 12.4. The molecule has 0 fully saturated rings. The predicted octanol–water partition coefficient (Wildman–Crippen LogP) is 5.21. The molecule has 7 heteroatoms. The maximum Gasteiger partial charge on any atom is 0.234 e. The molecule has 1 aromatic heterocycles. The molecule has 0 saturated carbocycles. The van der Waals surface area contributed by atoms with Gasteiger partial charge in [0.15, 0.2) is 4.34 Å². The van der Waals surface area contributed by atoms with Crippen molar-refractivity contribution >= 4 is 44.9 Å². The van der Waals surface area contributed by atoms with Crippen molar-refractivity contribution in [1.82, 2.24) is 4.98 Å². The lowest BCUT2D eigenvalue weighted by molar-refractivity contribution is -0.113. The molecule has 5 nitrogen and oxygen atoms in total. The number of carbonyl (C=O) groups excluding carboxylic acids is 1. The second-order valence-corrected chi connectivity index (χ2v) is 8.10. The first-order chi connectivity index (χ1) is 13.2. The van der Waals surface area contributed by atoms with Gasteiger partial charge in [-0.2, -0.15) is 0 Å². The minimum Gasteiger partial charge on any atom is -0.497 e. The van der Waals surface area contributed by atoms with E-state index < -0.39 is 0 Å². The number of anilines is 1. The van der Waals surface area contributed by atoms with Crippen LogP contribution in [-0.2, 0) is 4.79 Å². The van der Waals surface area contributed by atoms with Crippen LogP contribution in [0, 0.1) is 0 Å². The standard InChI is InChI=1S/C20H22N2O3S2/c1-3-4-11-25-17-10-9-14(24-2)12-16(17)21-19(23)13-26-20-22-15-7-5-6-8-18(15)27-20/h5-10,12H,3-4,11,13H2,1-2H3,(H,21,23). The predicted molar refractivity (Wildman–Crippen MR) is 112 cm³/mol. The summed E-state index contributed by atoms with van der Waals surface area (Å²) in [6.07, 6.45) is 2.02. The zero-order valence-electron chi connectivity index (χ0n) is 15.4. The molecule has 0 aliphatic carbocycles. The van der Waals surface area contributed by atoms with Crippen LogP contribution in [0.3, 0.4) is 0 Å². The molecule has 1 N–H and O–H groups in total. The van der Waals surface area contributed by atoms with Gasteiger partial charge in [0, 0.05) is 6.07 Å². The minimum absolute atomic E-state index is 0.104. The van der Waals surface area contributed by atoms with E-state index in [-0.39, 0.29) is 11.7 Å². The van der Waals surface area contributed by atoms with E-state index in [4.69, 9.17) is 9.47 Å². The summed E-state index contributed by atoms with van der Waals surface area (Å²) in [5.41, 5.74) is 1.59. The molecule has 1 heterocycles. The van der Waals surface area contributed by atoms with Gasteiger partial charge in [-0.25, -0.2) is 4.98 Å². The number of unbranched alkanes of at least 4 members (excludes halogenated alkanes) is 1. The number of hydrogen-bond acceptors (Lipinski definition) is 6. The van der Waals surface area contributed by atoms with Gasteiger partial charge in [-0.3, -0.25) is 4.79 Å². The van der Waals surface area contributed by atoms with Crippen molar-refractivity contribution in [2.24, 2.45) is 0 Å². The van der Waals surface area contributed by atoms with E-state index in [1.807, 2.05) is 36.4 Å². The SMILES string of the molecule is CCCCOc1ccc(OC)cc1NC(=O)CSc1nc2ccccc2s1. The first-order valence-corrected chi connectivity index (χ1v) is 10.6. The minimum atomic E-state index is -0.104. The lowest BCUT2D eigenvalue weighted by atomic mass is 10.2. The fourth-order valence-electron chi connectivity index (χ4n) is 2.41. The van der Waals surface area contributed by atoms with Crippen molar-refractivity contribution in [1.29, 1.82) is 0 Å². The number of nitrogens with one attached hydrogen (secondary N) is 1. The number of fused-ring (bicyclic) bond motifs is 1. The highest BCUT2D eigenvalue weighted by Crippen LogP contribution is 2.31. The van der Waals surface area contributed by atoms with Crippen LogP contribution in [0.4, 0.5) is 5.69 Å². The Morgan fingerprint density at radius 1 is 1.26 bits per heavy atom. The van der Waals surface area contributed by atoms with Gasteiger partial charge in [0.05, 0.1) is 35.4 Å². The Morgan fingerprint density at radius 2 is 2.11 bits per heavy atom. The average Bonchev–Trinajstić information content (AvgIpc) is 3.10. The van der Waals surface area contributed by atoms with Gasteiger partial charge >= 0.3 is 0 Å². The van der Waals surface area contributed by atoms with Gasteiger partial charge in [-0.1, -0.05) is 37.2 Å². The molecule has 2 aromatic carbocycles. The number of ether oxygens (including phenoxy) is 2. The summed E-state index contributed by atoms with van der Waals surface area (Å²) >= 11 is 3.03. The Balaban J connectivity index is 1.63. The van der Waals surface area contributed by atoms with Gasteiger partial charge < -0.3 is 14.8 Å². The van der Waals surface area contributed by atoms with Crippen LogP contribution in [0.15, 0.2) is 46.8 Å². The van der Waals surface area contributed by atoms with Crippen molar-refractivity contribution < 1.29 is 14.3 Å². The van der Waals surface area contributed by atoms with E-state index in [0.717, 1.165) is 27.4 Å². The van der Waals surface area contributed by atoms with E-state index in [2.05, 4.69) is 17.2 Å². The number of hydrogen-bond donors (Lipinski definition) is 1. The molecule has 0 aliphatic rings. The third-order valence-corrected chi connectivity index (χ3v) is 6.00. The van der Waals surface area contributed by atoms with E-state index in [0.29, 0.717) is 23.8 Å². The van der Waals surface area contributed by atoms with E-state index in [1.165, 1.54) is 11.8 Å². The molecule has 0 atom stereocenters. The summed E-state index contributed by atoms with van der Waals surface area (Å²) in [6.45, 7) is 2.73. The van der Waals surface area contributed by atoms with Crippen LogP contribution < -0.4 is 14.8 Å². The number of thioether (sulfide) groups is 1. The normalized spacial score (nSPS) is 10.7. The summed E-state index contributed by atoms with van der Waals surface area (Å²) < 4.78 is 13.1. The lowest BCUT2D eigenvalue weighted by Crippen LogP contribution is -2.15. The maximum absolute atomic E-state index is 12.4. The number of amides is 1.